The first-order valence-corrected chi connectivity index (χ1v) is 22.4. The van der Waals surface area contributed by atoms with Crippen molar-refractivity contribution in [2.75, 3.05) is 4.90 Å². The Balaban J connectivity index is 1.03. The highest BCUT2D eigenvalue weighted by molar-refractivity contribution is 6.09. The summed E-state index contributed by atoms with van der Waals surface area (Å²) in [6.45, 7) is 0. The summed E-state index contributed by atoms with van der Waals surface area (Å²) in [5.41, 5.74) is 16.8. The predicted molar refractivity (Wildman–Crippen MR) is 272 cm³/mol. The first kappa shape index (κ1) is 37.1. The highest BCUT2D eigenvalue weighted by Gasteiger charge is 2.47. The maximum Gasteiger partial charge on any atom is 0.135 e. The molecule has 0 radical (unpaired) electrons. The van der Waals surface area contributed by atoms with Gasteiger partial charge in [0.2, 0.25) is 0 Å². The molecule has 0 bridgehead atoms. The van der Waals surface area contributed by atoms with E-state index >= 15 is 0 Å². The van der Waals surface area contributed by atoms with E-state index in [-0.39, 0.29) is 0 Å². The standard InChI is InChI=1S/C63H41NO/c1-3-20-46(21-4-1)63(47-22-5-2-6-23-47)57-29-13-11-27-54(57)62-58(63)30-16-31-59(62)64(49-37-38-61-56(41-49)53-26-12-14-32-60(53)65-61)48-35-33-42(34-36-48)45-39-44-18-8-10-25-51(44)55(40-45)52-28-15-19-43-17-7-9-24-50(43)52/h1-41H. The summed E-state index contributed by atoms with van der Waals surface area (Å²) in [7, 11) is 0. The minimum absolute atomic E-state index is 0.525. The Bertz CT molecular complexity index is 3730. The first-order valence-electron chi connectivity index (χ1n) is 22.4. The Morgan fingerprint density at radius 2 is 0.892 bits per heavy atom. The topological polar surface area (TPSA) is 16.4 Å². The SMILES string of the molecule is c1ccc(C2(c3ccccc3)c3ccccc3-c3c(N(c4ccc(-c5cc(-c6cccc7ccccc67)c6ccccc6c5)cc4)c4ccc5oc6ccccc6c5c4)cccc32)cc1. The van der Waals surface area contributed by atoms with Gasteiger partial charge in [-0.2, -0.15) is 0 Å². The summed E-state index contributed by atoms with van der Waals surface area (Å²) >= 11 is 0. The number of furan rings is 1. The van der Waals surface area contributed by atoms with E-state index in [1.54, 1.807) is 0 Å². The van der Waals surface area contributed by atoms with Crippen LogP contribution >= 0.6 is 0 Å². The third-order valence-electron chi connectivity index (χ3n) is 13.7. The van der Waals surface area contributed by atoms with Gasteiger partial charge in [0.05, 0.1) is 11.1 Å². The van der Waals surface area contributed by atoms with Gasteiger partial charge in [-0.1, -0.05) is 194 Å². The summed E-state index contributed by atoms with van der Waals surface area (Å²) in [5, 5.41) is 7.16. The van der Waals surface area contributed by atoms with E-state index in [0.717, 1.165) is 44.6 Å². The minimum atomic E-state index is -0.525. The molecule has 0 fully saturated rings. The van der Waals surface area contributed by atoms with Gasteiger partial charge in [-0.15, -0.1) is 0 Å². The second kappa shape index (κ2) is 14.8. The lowest BCUT2D eigenvalue weighted by Crippen LogP contribution is -2.28. The number of nitrogens with zero attached hydrogens (tertiary/aromatic N) is 1. The van der Waals surface area contributed by atoms with Crippen molar-refractivity contribution in [1.29, 1.82) is 0 Å². The summed E-state index contributed by atoms with van der Waals surface area (Å²) in [5.74, 6) is 0. The van der Waals surface area contributed by atoms with Crippen molar-refractivity contribution in [3.63, 3.8) is 0 Å². The molecule has 1 heterocycles. The van der Waals surface area contributed by atoms with Crippen LogP contribution in [0.1, 0.15) is 22.3 Å². The lowest BCUT2D eigenvalue weighted by atomic mass is 9.68. The molecule has 0 saturated carbocycles. The highest BCUT2D eigenvalue weighted by Crippen LogP contribution is 2.59. The van der Waals surface area contributed by atoms with E-state index in [1.807, 2.05) is 6.07 Å². The first-order chi connectivity index (χ1) is 32.2. The van der Waals surface area contributed by atoms with Crippen molar-refractivity contribution in [1.82, 2.24) is 0 Å². The van der Waals surface area contributed by atoms with Crippen LogP contribution in [0, 0.1) is 0 Å². The number of rotatable bonds is 7. The number of hydrogen-bond acceptors (Lipinski definition) is 2. The van der Waals surface area contributed by atoms with E-state index in [4.69, 9.17) is 4.42 Å². The van der Waals surface area contributed by atoms with Crippen LogP contribution in [0.15, 0.2) is 253 Å². The van der Waals surface area contributed by atoms with Gasteiger partial charge in [0.15, 0.2) is 0 Å². The van der Waals surface area contributed by atoms with Gasteiger partial charge in [-0.25, -0.2) is 0 Å². The van der Waals surface area contributed by atoms with Crippen LogP contribution in [0.4, 0.5) is 17.1 Å². The monoisotopic (exact) mass is 827 g/mol. The van der Waals surface area contributed by atoms with Crippen LogP contribution in [0.5, 0.6) is 0 Å². The van der Waals surface area contributed by atoms with Gasteiger partial charge in [-0.05, 0) is 126 Å². The van der Waals surface area contributed by atoms with E-state index in [2.05, 4.69) is 248 Å². The van der Waals surface area contributed by atoms with E-state index in [9.17, 15) is 0 Å². The number of benzene rings is 11. The lowest BCUT2D eigenvalue weighted by Gasteiger charge is -2.34. The van der Waals surface area contributed by atoms with Gasteiger partial charge in [-0.3, -0.25) is 0 Å². The molecule has 0 atom stereocenters. The molecule has 1 aliphatic rings. The van der Waals surface area contributed by atoms with Crippen molar-refractivity contribution < 1.29 is 4.42 Å². The molecule has 0 unspecified atom stereocenters. The zero-order chi connectivity index (χ0) is 42.9. The van der Waals surface area contributed by atoms with Crippen LogP contribution in [-0.2, 0) is 5.41 Å². The Hall–Kier alpha value is -8.46. The summed E-state index contributed by atoms with van der Waals surface area (Å²) in [6.07, 6.45) is 0. The lowest BCUT2D eigenvalue weighted by molar-refractivity contribution is 0.669. The summed E-state index contributed by atoms with van der Waals surface area (Å²) in [4.78, 5) is 2.45. The third kappa shape index (κ3) is 5.74. The molecule has 1 aliphatic carbocycles. The van der Waals surface area contributed by atoms with E-state index in [1.165, 1.54) is 71.6 Å². The van der Waals surface area contributed by atoms with Gasteiger partial charge >= 0.3 is 0 Å². The molecular formula is C63H41NO. The Labute approximate surface area is 377 Å². The second-order valence-electron chi connectivity index (χ2n) is 17.2. The van der Waals surface area contributed by atoms with Crippen LogP contribution in [0.3, 0.4) is 0 Å². The fraction of sp³-hybridized carbons (Fsp3) is 0.0159. The minimum Gasteiger partial charge on any atom is -0.456 e. The molecular weight excluding hydrogens is 787 g/mol. The second-order valence-corrected chi connectivity index (χ2v) is 17.2. The van der Waals surface area contributed by atoms with Crippen molar-refractivity contribution in [2.24, 2.45) is 0 Å². The Kier molecular flexibility index (Phi) is 8.47. The van der Waals surface area contributed by atoms with Gasteiger partial charge in [0, 0.05) is 27.7 Å². The largest absolute Gasteiger partial charge is 0.456 e. The van der Waals surface area contributed by atoms with Crippen molar-refractivity contribution in [2.45, 2.75) is 5.41 Å². The Morgan fingerprint density at radius 1 is 0.323 bits per heavy atom. The maximum atomic E-state index is 6.39. The molecule has 13 rings (SSSR count). The molecule has 0 amide bonds. The van der Waals surface area contributed by atoms with Crippen LogP contribution in [-0.4, -0.2) is 0 Å². The quantitative estimate of drug-likeness (QED) is 0.159. The smallest absolute Gasteiger partial charge is 0.135 e. The maximum absolute atomic E-state index is 6.39. The average Bonchev–Trinajstić information content (AvgIpc) is 3.91. The molecule has 11 aromatic carbocycles. The molecule has 2 nitrogen and oxygen atoms in total. The molecule has 12 aromatic rings. The predicted octanol–water partition coefficient (Wildman–Crippen LogP) is 17.1. The van der Waals surface area contributed by atoms with E-state index < -0.39 is 5.41 Å². The number of hydrogen-bond donors (Lipinski definition) is 0. The molecule has 2 heteroatoms. The van der Waals surface area contributed by atoms with Gasteiger partial charge in [0.25, 0.3) is 0 Å². The van der Waals surface area contributed by atoms with Gasteiger partial charge < -0.3 is 9.32 Å². The van der Waals surface area contributed by atoms with Crippen molar-refractivity contribution in [3.05, 3.63) is 271 Å². The molecule has 0 saturated heterocycles. The molecule has 0 aliphatic heterocycles. The van der Waals surface area contributed by atoms with Gasteiger partial charge in [0.1, 0.15) is 11.2 Å². The van der Waals surface area contributed by atoms with E-state index in [0.29, 0.717) is 0 Å². The molecule has 65 heavy (non-hydrogen) atoms. The number of fused-ring (bicyclic) bond motifs is 8. The summed E-state index contributed by atoms with van der Waals surface area (Å²) < 4.78 is 6.39. The summed E-state index contributed by atoms with van der Waals surface area (Å²) in [6, 6.07) is 90.9. The normalized spacial score (nSPS) is 12.7. The van der Waals surface area contributed by atoms with Crippen LogP contribution < -0.4 is 4.90 Å². The van der Waals surface area contributed by atoms with Crippen LogP contribution in [0.25, 0.3) is 76.9 Å². The zero-order valence-corrected chi connectivity index (χ0v) is 35.5. The molecule has 0 N–H and O–H groups in total. The molecule has 1 aromatic heterocycles. The Morgan fingerprint density at radius 3 is 1.68 bits per heavy atom. The van der Waals surface area contributed by atoms with Crippen molar-refractivity contribution in [3.8, 4) is 33.4 Å². The number of anilines is 3. The molecule has 0 spiro atoms. The zero-order valence-electron chi connectivity index (χ0n) is 35.5. The highest BCUT2D eigenvalue weighted by atomic mass is 16.3. The number of para-hydroxylation sites is 1. The van der Waals surface area contributed by atoms with Crippen LogP contribution in [0.2, 0.25) is 0 Å². The van der Waals surface area contributed by atoms with Crippen molar-refractivity contribution >= 4 is 60.5 Å². The average molecular weight is 828 g/mol. The fourth-order valence-corrected chi connectivity index (χ4v) is 10.9. The third-order valence-corrected chi connectivity index (χ3v) is 13.7. The fourth-order valence-electron chi connectivity index (χ4n) is 10.9. The molecule has 304 valence electrons.